The number of carbonyl (C=O) groups excluding carboxylic acids is 2. The Kier molecular flexibility index (Phi) is 6.00. The third kappa shape index (κ3) is 4.16. The molecule has 154 valence electrons. The number of benzene rings is 1. The van der Waals surface area contributed by atoms with Crippen molar-refractivity contribution < 1.29 is 19.5 Å². The molecule has 0 spiro atoms. The van der Waals surface area contributed by atoms with Crippen molar-refractivity contribution in [2.45, 2.75) is 45.6 Å². The highest BCUT2D eigenvalue weighted by Crippen LogP contribution is 2.23. The average Bonchev–Trinajstić information content (AvgIpc) is 3.30. The van der Waals surface area contributed by atoms with E-state index in [1.54, 1.807) is 28.8 Å². The fourth-order valence-electron chi connectivity index (χ4n) is 3.88. The van der Waals surface area contributed by atoms with Crippen molar-refractivity contribution in [3.8, 4) is 5.69 Å². The molecule has 8 nitrogen and oxygen atoms in total. The van der Waals surface area contributed by atoms with Gasteiger partial charge in [-0.25, -0.2) is 4.68 Å². The number of nitrogens with zero attached hydrogens (tertiary/aromatic N) is 3. The summed E-state index contributed by atoms with van der Waals surface area (Å²) < 4.78 is 1.77. The van der Waals surface area contributed by atoms with Crippen molar-refractivity contribution in [1.82, 2.24) is 20.0 Å². The van der Waals surface area contributed by atoms with Crippen LogP contribution in [0.2, 0.25) is 0 Å². The fourth-order valence-corrected chi connectivity index (χ4v) is 3.88. The van der Waals surface area contributed by atoms with Gasteiger partial charge in [-0.3, -0.25) is 14.4 Å². The summed E-state index contributed by atoms with van der Waals surface area (Å²) in [6, 6.07) is 6.70. The normalized spacial score (nSPS) is 16.1. The average molecular weight is 398 g/mol. The van der Waals surface area contributed by atoms with Crippen molar-refractivity contribution in [1.29, 1.82) is 0 Å². The monoisotopic (exact) mass is 398 g/mol. The standard InChI is InChI=1S/C21H26N4O4/c1-13-17(10-11-19(26)27)14(2)25(23-13)16-8-6-15(7-9-16)21(29)24-12-4-5-18(24)20(28)22-3/h6-9,18H,4-5,10-12H2,1-3H3,(H,22,28)(H,26,27). The number of likely N-dealkylation sites (N-methyl/N-ethyl adjacent to an activating group) is 1. The zero-order valence-corrected chi connectivity index (χ0v) is 16.9. The van der Waals surface area contributed by atoms with Gasteiger partial charge < -0.3 is 15.3 Å². The van der Waals surface area contributed by atoms with Crippen LogP contribution in [0.4, 0.5) is 0 Å². The number of carbonyl (C=O) groups is 3. The van der Waals surface area contributed by atoms with Crippen LogP contribution in [0.3, 0.4) is 0 Å². The summed E-state index contributed by atoms with van der Waals surface area (Å²) in [6.45, 7) is 4.35. The molecule has 0 aliphatic carbocycles. The van der Waals surface area contributed by atoms with Gasteiger partial charge in [0.15, 0.2) is 0 Å². The van der Waals surface area contributed by atoms with Gasteiger partial charge in [-0.05, 0) is 62.9 Å². The maximum Gasteiger partial charge on any atom is 0.303 e. The molecule has 2 N–H and O–H groups in total. The number of hydrogen-bond acceptors (Lipinski definition) is 4. The minimum atomic E-state index is -0.837. The van der Waals surface area contributed by atoms with E-state index in [9.17, 15) is 14.4 Å². The molecule has 2 aromatic rings. The summed E-state index contributed by atoms with van der Waals surface area (Å²) in [4.78, 5) is 37.4. The first-order valence-electron chi connectivity index (χ1n) is 9.73. The molecule has 1 aliphatic rings. The van der Waals surface area contributed by atoms with Crippen molar-refractivity contribution in [2.75, 3.05) is 13.6 Å². The first-order chi connectivity index (χ1) is 13.8. The number of likely N-dealkylation sites (tertiary alicyclic amines) is 1. The van der Waals surface area contributed by atoms with Gasteiger partial charge in [0, 0.05) is 31.3 Å². The molecule has 2 heterocycles. The molecule has 0 bridgehead atoms. The predicted molar refractivity (Wildman–Crippen MR) is 107 cm³/mol. The number of aromatic nitrogens is 2. The number of rotatable bonds is 6. The quantitative estimate of drug-likeness (QED) is 0.773. The van der Waals surface area contributed by atoms with E-state index < -0.39 is 12.0 Å². The lowest BCUT2D eigenvalue weighted by Gasteiger charge is -2.23. The van der Waals surface area contributed by atoms with Crippen molar-refractivity contribution in [3.63, 3.8) is 0 Å². The summed E-state index contributed by atoms with van der Waals surface area (Å²) in [6.07, 6.45) is 1.98. The molecular weight excluding hydrogens is 372 g/mol. The number of hydrogen-bond donors (Lipinski definition) is 2. The van der Waals surface area contributed by atoms with E-state index >= 15 is 0 Å². The summed E-state index contributed by atoms with van der Waals surface area (Å²) in [7, 11) is 1.58. The predicted octanol–water partition coefficient (Wildman–Crippen LogP) is 1.86. The van der Waals surface area contributed by atoms with E-state index in [1.807, 2.05) is 26.0 Å². The highest BCUT2D eigenvalue weighted by Gasteiger charge is 2.33. The summed E-state index contributed by atoms with van der Waals surface area (Å²) in [5, 5.41) is 16.1. The van der Waals surface area contributed by atoms with E-state index in [-0.39, 0.29) is 18.2 Å². The van der Waals surface area contributed by atoms with Gasteiger partial charge in [0.1, 0.15) is 6.04 Å². The smallest absolute Gasteiger partial charge is 0.303 e. The van der Waals surface area contributed by atoms with Gasteiger partial charge >= 0.3 is 5.97 Å². The number of aryl methyl sites for hydroxylation is 1. The molecular formula is C21H26N4O4. The molecule has 29 heavy (non-hydrogen) atoms. The number of carboxylic acids is 1. The molecule has 0 radical (unpaired) electrons. The molecule has 1 aromatic heterocycles. The first kappa shape index (κ1) is 20.6. The third-order valence-electron chi connectivity index (χ3n) is 5.45. The Morgan fingerprint density at radius 2 is 1.90 bits per heavy atom. The lowest BCUT2D eigenvalue weighted by Crippen LogP contribution is -2.44. The van der Waals surface area contributed by atoms with Gasteiger partial charge in [0.2, 0.25) is 5.91 Å². The summed E-state index contributed by atoms with van der Waals surface area (Å²) >= 11 is 0. The third-order valence-corrected chi connectivity index (χ3v) is 5.45. The van der Waals surface area contributed by atoms with Crippen molar-refractivity contribution in [2.24, 2.45) is 0 Å². The Labute approximate surface area is 169 Å². The zero-order chi connectivity index (χ0) is 21.1. The van der Waals surface area contributed by atoms with Crippen LogP contribution in [-0.2, 0) is 16.0 Å². The molecule has 1 fully saturated rings. The summed E-state index contributed by atoms with van der Waals surface area (Å²) in [5.74, 6) is -1.13. The van der Waals surface area contributed by atoms with Crippen LogP contribution < -0.4 is 5.32 Å². The van der Waals surface area contributed by atoms with Gasteiger partial charge in [-0.1, -0.05) is 0 Å². The SMILES string of the molecule is CNC(=O)C1CCCN1C(=O)c1ccc(-n2nc(C)c(CCC(=O)O)c2C)cc1. The van der Waals surface area contributed by atoms with Crippen LogP contribution in [0, 0.1) is 13.8 Å². The lowest BCUT2D eigenvalue weighted by atomic mass is 10.1. The maximum atomic E-state index is 12.9. The Balaban J connectivity index is 1.80. The summed E-state index contributed by atoms with van der Waals surface area (Å²) in [5.41, 5.74) is 3.94. The molecule has 1 saturated heterocycles. The topological polar surface area (TPSA) is 105 Å². The van der Waals surface area contributed by atoms with Gasteiger partial charge in [-0.2, -0.15) is 5.10 Å². The molecule has 1 atom stereocenters. The first-order valence-corrected chi connectivity index (χ1v) is 9.73. The molecule has 1 aromatic carbocycles. The molecule has 3 rings (SSSR count). The largest absolute Gasteiger partial charge is 0.481 e. The van der Waals surface area contributed by atoms with Gasteiger partial charge in [0.05, 0.1) is 11.4 Å². The van der Waals surface area contributed by atoms with E-state index in [2.05, 4.69) is 10.4 Å². The number of amides is 2. The van der Waals surface area contributed by atoms with E-state index in [1.165, 1.54) is 0 Å². The Hall–Kier alpha value is -3.16. The second-order valence-electron chi connectivity index (χ2n) is 7.27. The van der Waals surface area contributed by atoms with Crippen LogP contribution in [0.1, 0.15) is 46.6 Å². The molecule has 8 heteroatoms. The van der Waals surface area contributed by atoms with Crippen molar-refractivity contribution >= 4 is 17.8 Å². The molecule has 0 saturated carbocycles. The second-order valence-corrected chi connectivity index (χ2v) is 7.27. The van der Waals surface area contributed by atoms with E-state index in [0.717, 1.165) is 29.1 Å². The number of nitrogens with one attached hydrogen (secondary N) is 1. The van der Waals surface area contributed by atoms with Gasteiger partial charge in [0.25, 0.3) is 5.91 Å². The number of aliphatic carboxylic acids is 1. The molecule has 2 amide bonds. The van der Waals surface area contributed by atoms with Crippen molar-refractivity contribution in [3.05, 3.63) is 46.8 Å². The molecule has 1 unspecified atom stereocenters. The fraction of sp³-hybridized carbons (Fsp3) is 0.429. The van der Waals surface area contributed by atoms with Crippen LogP contribution in [-0.4, -0.2) is 57.2 Å². The second kappa shape index (κ2) is 8.46. The Morgan fingerprint density at radius 1 is 1.21 bits per heavy atom. The van der Waals surface area contributed by atoms with E-state index in [0.29, 0.717) is 24.9 Å². The van der Waals surface area contributed by atoms with Gasteiger partial charge in [-0.15, -0.1) is 0 Å². The Bertz CT molecular complexity index is 933. The minimum absolute atomic E-state index is 0.0587. The van der Waals surface area contributed by atoms with Crippen LogP contribution in [0.15, 0.2) is 24.3 Å². The zero-order valence-electron chi connectivity index (χ0n) is 16.9. The maximum absolute atomic E-state index is 12.9. The highest BCUT2D eigenvalue weighted by molar-refractivity contribution is 5.98. The highest BCUT2D eigenvalue weighted by atomic mass is 16.4. The molecule has 1 aliphatic heterocycles. The van der Waals surface area contributed by atoms with Crippen LogP contribution in [0.25, 0.3) is 5.69 Å². The minimum Gasteiger partial charge on any atom is -0.481 e. The van der Waals surface area contributed by atoms with Crippen LogP contribution in [0.5, 0.6) is 0 Å². The number of carboxylic acid groups (broad SMARTS) is 1. The van der Waals surface area contributed by atoms with Crippen LogP contribution >= 0.6 is 0 Å². The van der Waals surface area contributed by atoms with E-state index in [4.69, 9.17) is 5.11 Å². The Morgan fingerprint density at radius 3 is 2.52 bits per heavy atom. The lowest BCUT2D eigenvalue weighted by molar-refractivity contribution is -0.137.